The van der Waals surface area contributed by atoms with Gasteiger partial charge >= 0.3 is 0 Å². The van der Waals surface area contributed by atoms with Gasteiger partial charge in [0.15, 0.2) is 0 Å². The van der Waals surface area contributed by atoms with Crippen LogP contribution in [0.15, 0.2) is 53.4 Å². The molecular formula is C22H23NO2S2. The summed E-state index contributed by atoms with van der Waals surface area (Å²) < 4.78 is 6.38. The fraction of sp³-hybridized carbons (Fsp3) is 0.273. The van der Waals surface area contributed by atoms with Gasteiger partial charge in [-0.25, -0.2) is 0 Å². The Kier molecular flexibility index (Phi) is 6.69. The summed E-state index contributed by atoms with van der Waals surface area (Å²) in [5, 5.41) is 2.62. The summed E-state index contributed by atoms with van der Waals surface area (Å²) >= 11 is 6.28. The first kappa shape index (κ1) is 19.6. The fourth-order valence-corrected chi connectivity index (χ4v) is 4.09. The maximum Gasteiger partial charge on any atom is 0.263 e. The van der Waals surface area contributed by atoms with Gasteiger partial charge in [0.05, 0.1) is 4.91 Å². The van der Waals surface area contributed by atoms with E-state index in [0.29, 0.717) is 21.8 Å². The minimum atomic E-state index is -0.137. The zero-order chi connectivity index (χ0) is 19.2. The Balaban J connectivity index is 1.58. The van der Waals surface area contributed by atoms with Gasteiger partial charge in [-0.15, -0.1) is 0 Å². The molecule has 0 radical (unpaired) electrons. The number of rotatable bonds is 7. The molecule has 0 aliphatic carbocycles. The first-order valence-corrected chi connectivity index (χ1v) is 10.4. The summed E-state index contributed by atoms with van der Waals surface area (Å²) in [6.45, 7) is 5.00. The highest BCUT2D eigenvalue weighted by Crippen LogP contribution is 2.27. The van der Waals surface area contributed by atoms with Gasteiger partial charge < -0.3 is 10.1 Å². The number of hydrogen-bond acceptors (Lipinski definition) is 4. The van der Waals surface area contributed by atoms with Crippen molar-refractivity contribution in [1.29, 1.82) is 0 Å². The molecule has 0 bridgehead atoms. The van der Waals surface area contributed by atoms with E-state index in [4.69, 9.17) is 17.0 Å². The van der Waals surface area contributed by atoms with Crippen LogP contribution in [0.5, 0.6) is 5.75 Å². The van der Waals surface area contributed by atoms with Crippen molar-refractivity contribution < 1.29 is 9.53 Å². The normalized spacial score (nSPS) is 15.4. The fourth-order valence-electron chi connectivity index (χ4n) is 3.05. The average molecular weight is 398 g/mol. The molecule has 1 saturated heterocycles. The minimum Gasteiger partial charge on any atom is -0.489 e. The van der Waals surface area contributed by atoms with Crippen LogP contribution in [0, 0.1) is 0 Å². The zero-order valence-corrected chi connectivity index (χ0v) is 17.2. The number of nitrogens with one attached hydrogen (secondary N) is 1. The lowest BCUT2D eigenvalue weighted by molar-refractivity contribution is -0.115. The number of amides is 1. The van der Waals surface area contributed by atoms with E-state index in [1.807, 2.05) is 30.3 Å². The number of carbonyl (C=O) groups is 1. The van der Waals surface area contributed by atoms with Gasteiger partial charge in [-0.2, -0.15) is 0 Å². The molecule has 0 aromatic heterocycles. The third kappa shape index (κ3) is 5.21. The first-order chi connectivity index (χ1) is 13.1. The van der Waals surface area contributed by atoms with Crippen LogP contribution in [0.3, 0.4) is 0 Å². The van der Waals surface area contributed by atoms with Gasteiger partial charge in [-0.1, -0.05) is 74.2 Å². The van der Waals surface area contributed by atoms with Crippen molar-refractivity contribution in [3.8, 4) is 5.75 Å². The monoisotopic (exact) mass is 397 g/mol. The molecule has 2 aromatic rings. The summed E-state index contributed by atoms with van der Waals surface area (Å²) in [7, 11) is 0. The Morgan fingerprint density at radius 1 is 1.07 bits per heavy atom. The van der Waals surface area contributed by atoms with E-state index in [0.717, 1.165) is 16.9 Å². The lowest BCUT2D eigenvalue weighted by atomic mass is 9.93. The van der Waals surface area contributed by atoms with Gasteiger partial charge in [0.25, 0.3) is 5.91 Å². The minimum absolute atomic E-state index is 0.137. The molecule has 0 saturated carbocycles. The second-order valence-corrected chi connectivity index (χ2v) is 8.18. The van der Waals surface area contributed by atoms with Crippen LogP contribution in [0.4, 0.5) is 0 Å². The second kappa shape index (κ2) is 9.20. The SMILES string of the molecule is CCC(CC)c1ccc(COc2ccc(C=C3SC(=S)NC3=O)cc2)cc1. The maximum absolute atomic E-state index is 11.7. The lowest BCUT2D eigenvalue weighted by Crippen LogP contribution is -2.17. The van der Waals surface area contributed by atoms with Crippen molar-refractivity contribution in [3.05, 3.63) is 70.1 Å². The van der Waals surface area contributed by atoms with E-state index < -0.39 is 0 Å². The summed E-state index contributed by atoms with van der Waals surface area (Å²) in [6.07, 6.45) is 4.17. The summed E-state index contributed by atoms with van der Waals surface area (Å²) in [6, 6.07) is 16.4. The molecule has 0 unspecified atom stereocenters. The van der Waals surface area contributed by atoms with Crippen molar-refractivity contribution in [2.75, 3.05) is 0 Å². The quantitative estimate of drug-likeness (QED) is 0.483. The van der Waals surface area contributed by atoms with Gasteiger partial charge in [0.2, 0.25) is 0 Å². The molecule has 3 rings (SSSR count). The van der Waals surface area contributed by atoms with Crippen LogP contribution in [-0.4, -0.2) is 10.2 Å². The molecule has 0 spiro atoms. The number of ether oxygens (including phenoxy) is 1. The van der Waals surface area contributed by atoms with E-state index in [9.17, 15) is 4.79 Å². The van der Waals surface area contributed by atoms with Crippen molar-refractivity contribution >= 4 is 40.3 Å². The number of carbonyl (C=O) groups excluding carboxylic acids is 1. The highest BCUT2D eigenvalue weighted by atomic mass is 32.2. The predicted molar refractivity (Wildman–Crippen MR) is 117 cm³/mol. The molecule has 27 heavy (non-hydrogen) atoms. The molecule has 1 heterocycles. The highest BCUT2D eigenvalue weighted by molar-refractivity contribution is 8.26. The third-order valence-corrected chi connectivity index (χ3v) is 5.82. The van der Waals surface area contributed by atoms with Gasteiger partial charge in [0.1, 0.15) is 16.7 Å². The predicted octanol–water partition coefficient (Wildman–Crippen LogP) is 5.66. The van der Waals surface area contributed by atoms with E-state index >= 15 is 0 Å². The van der Waals surface area contributed by atoms with Gasteiger partial charge in [0, 0.05) is 0 Å². The Labute approximate surface area is 170 Å². The van der Waals surface area contributed by atoms with Gasteiger partial charge in [-0.05, 0) is 53.7 Å². The number of benzene rings is 2. The zero-order valence-electron chi connectivity index (χ0n) is 15.5. The van der Waals surface area contributed by atoms with Crippen molar-refractivity contribution in [3.63, 3.8) is 0 Å². The number of hydrogen-bond donors (Lipinski definition) is 1. The van der Waals surface area contributed by atoms with Crippen molar-refractivity contribution in [1.82, 2.24) is 5.32 Å². The maximum atomic E-state index is 11.7. The van der Waals surface area contributed by atoms with Crippen LogP contribution in [-0.2, 0) is 11.4 Å². The van der Waals surface area contributed by atoms with E-state index in [1.54, 1.807) is 0 Å². The highest BCUT2D eigenvalue weighted by Gasteiger charge is 2.21. The Bertz CT molecular complexity index is 838. The van der Waals surface area contributed by atoms with Crippen LogP contribution in [0.25, 0.3) is 6.08 Å². The van der Waals surface area contributed by atoms with Gasteiger partial charge in [-0.3, -0.25) is 4.79 Å². The molecule has 140 valence electrons. The van der Waals surface area contributed by atoms with Crippen LogP contribution < -0.4 is 10.1 Å². The Morgan fingerprint density at radius 2 is 1.74 bits per heavy atom. The van der Waals surface area contributed by atoms with E-state index in [2.05, 4.69) is 43.4 Å². The summed E-state index contributed by atoms with van der Waals surface area (Å²) in [4.78, 5) is 12.3. The van der Waals surface area contributed by atoms with Crippen molar-refractivity contribution in [2.24, 2.45) is 0 Å². The van der Waals surface area contributed by atoms with Crippen molar-refractivity contribution in [2.45, 2.75) is 39.2 Å². The molecule has 1 aliphatic heterocycles. The smallest absolute Gasteiger partial charge is 0.263 e. The number of thioether (sulfide) groups is 1. The largest absolute Gasteiger partial charge is 0.489 e. The molecule has 1 N–H and O–H groups in total. The summed E-state index contributed by atoms with van der Waals surface area (Å²) in [5.74, 6) is 1.30. The second-order valence-electron chi connectivity index (χ2n) is 6.46. The molecule has 0 atom stereocenters. The molecule has 2 aromatic carbocycles. The standard InChI is InChI=1S/C22H23NO2S2/c1-3-17(4-2)18-9-5-16(6-10-18)14-25-19-11-7-15(8-12-19)13-20-21(24)23-22(26)27-20/h5-13,17H,3-4,14H2,1-2H3,(H,23,24,26). The molecular weight excluding hydrogens is 374 g/mol. The molecule has 5 heteroatoms. The molecule has 3 nitrogen and oxygen atoms in total. The number of thiocarbonyl (C=S) groups is 1. The molecule has 1 aliphatic rings. The van der Waals surface area contributed by atoms with Crippen LogP contribution in [0.1, 0.15) is 49.3 Å². The van der Waals surface area contributed by atoms with Crippen LogP contribution >= 0.6 is 24.0 Å². The first-order valence-electron chi connectivity index (χ1n) is 9.15. The molecule has 1 fully saturated rings. The summed E-state index contributed by atoms with van der Waals surface area (Å²) in [5.41, 5.74) is 3.50. The van der Waals surface area contributed by atoms with Crippen LogP contribution in [0.2, 0.25) is 0 Å². The van der Waals surface area contributed by atoms with E-state index in [1.165, 1.54) is 30.2 Å². The van der Waals surface area contributed by atoms with E-state index in [-0.39, 0.29) is 5.91 Å². The lowest BCUT2D eigenvalue weighted by Gasteiger charge is -2.13. The third-order valence-electron chi connectivity index (χ3n) is 4.66. The average Bonchev–Trinajstić information content (AvgIpc) is 3.00. The Hall–Kier alpha value is -2.11. The topological polar surface area (TPSA) is 38.3 Å². The molecule has 1 amide bonds. The Morgan fingerprint density at radius 3 is 2.30 bits per heavy atom.